The molecule has 0 aliphatic carbocycles. The molecule has 0 aliphatic heterocycles. The van der Waals surface area contributed by atoms with Crippen molar-refractivity contribution >= 4 is 52.5 Å². The van der Waals surface area contributed by atoms with Gasteiger partial charge in [0, 0.05) is 25.1 Å². The molecule has 2 aromatic carbocycles. The van der Waals surface area contributed by atoms with Crippen molar-refractivity contribution in [2.75, 3.05) is 18.8 Å². The number of nitrogens with one attached hydrogen (secondary N) is 1. The van der Waals surface area contributed by atoms with Gasteiger partial charge in [0.25, 0.3) is 5.91 Å². The summed E-state index contributed by atoms with van der Waals surface area (Å²) in [6, 6.07) is 4.65. The van der Waals surface area contributed by atoms with Gasteiger partial charge in [-0.2, -0.15) is 26.3 Å². The summed E-state index contributed by atoms with van der Waals surface area (Å²) in [5.74, 6) is -5.71. The molecule has 0 bridgehead atoms. The molecule has 1 atom stereocenters. The Hall–Kier alpha value is -3.13. The lowest BCUT2D eigenvalue weighted by molar-refractivity contribution is -0.140. The van der Waals surface area contributed by atoms with Crippen molar-refractivity contribution in [3.05, 3.63) is 92.2 Å². The third-order valence-electron chi connectivity index (χ3n) is 5.16. The minimum atomic E-state index is -5.20. The van der Waals surface area contributed by atoms with Crippen molar-refractivity contribution in [1.29, 1.82) is 0 Å². The molecule has 40 heavy (non-hydrogen) atoms. The standard InChI is InChI=1S/C24H16Cl3F7N4O2/c1-40-11-38(22-35-5-2-6-36-22)37-21(39)14-4-3-12(7-16(14)24(32,33)34)19(28)10-15(23(29,30)31)13-8-17(25)20(27)18(26)9-13/h2-10,15H,11H2,1H3,(H,37,39)/b19-10-. The normalized spacial score (nSPS) is 13.2. The Bertz CT molecular complexity index is 1380. The van der Waals surface area contributed by atoms with Crippen molar-refractivity contribution in [1.82, 2.24) is 15.4 Å². The summed E-state index contributed by atoms with van der Waals surface area (Å²) in [5.41, 5.74) is -1.89. The van der Waals surface area contributed by atoms with Crippen molar-refractivity contribution in [2.45, 2.75) is 18.3 Å². The van der Waals surface area contributed by atoms with Gasteiger partial charge in [-0.1, -0.05) is 40.9 Å². The topological polar surface area (TPSA) is 67.3 Å². The molecule has 6 nitrogen and oxygen atoms in total. The first kappa shape index (κ1) is 31.4. The lowest BCUT2D eigenvalue weighted by Crippen LogP contribution is -2.45. The number of nitrogens with zero attached hydrogens (tertiary/aromatic N) is 3. The van der Waals surface area contributed by atoms with Gasteiger partial charge in [-0.25, -0.2) is 19.4 Å². The fraction of sp³-hybridized carbons (Fsp3) is 0.208. The first-order valence-electron chi connectivity index (χ1n) is 10.8. The molecule has 3 rings (SSSR count). The third kappa shape index (κ3) is 7.53. The van der Waals surface area contributed by atoms with Crippen LogP contribution in [0.15, 0.2) is 54.9 Å². The molecular weight excluding hydrogens is 616 g/mol. The number of hydrogen-bond acceptors (Lipinski definition) is 5. The SMILES string of the molecule is COCN(NC(=O)c1ccc(/C(F)=C/C(c2cc(Cl)c(Cl)c(Cl)c2)C(F)(F)F)cc1C(F)(F)F)c1ncccn1. The third-order valence-corrected chi connectivity index (χ3v) is 6.36. The molecule has 1 heterocycles. The number of hydrogen-bond donors (Lipinski definition) is 1. The molecule has 214 valence electrons. The predicted octanol–water partition coefficient (Wildman–Crippen LogP) is 7.87. The molecule has 1 N–H and O–H groups in total. The quantitative estimate of drug-likeness (QED) is 0.119. The van der Waals surface area contributed by atoms with E-state index in [1.165, 1.54) is 25.6 Å². The first-order chi connectivity index (χ1) is 18.6. The van der Waals surface area contributed by atoms with E-state index in [1.807, 2.05) is 0 Å². The summed E-state index contributed by atoms with van der Waals surface area (Å²) in [4.78, 5) is 20.5. The van der Waals surface area contributed by atoms with Crippen molar-refractivity contribution in [3.8, 4) is 0 Å². The van der Waals surface area contributed by atoms with E-state index in [2.05, 4.69) is 15.4 Å². The number of rotatable bonds is 8. The maximum absolute atomic E-state index is 15.1. The number of hydrazine groups is 1. The van der Waals surface area contributed by atoms with Crippen LogP contribution >= 0.6 is 34.8 Å². The molecule has 0 spiro atoms. The van der Waals surface area contributed by atoms with Crippen molar-refractivity contribution in [3.63, 3.8) is 0 Å². The van der Waals surface area contributed by atoms with Gasteiger partial charge in [-0.3, -0.25) is 10.2 Å². The largest absolute Gasteiger partial charge is 0.417 e. The van der Waals surface area contributed by atoms with Crippen LogP contribution in [0.2, 0.25) is 15.1 Å². The molecule has 1 aromatic heterocycles. The number of ether oxygens (including phenoxy) is 1. The highest BCUT2D eigenvalue weighted by molar-refractivity contribution is 6.48. The second-order valence-corrected chi connectivity index (χ2v) is 9.12. The molecule has 0 saturated carbocycles. The van der Waals surface area contributed by atoms with E-state index in [9.17, 15) is 31.1 Å². The Kier molecular flexibility index (Phi) is 9.88. The fourth-order valence-electron chi connectivity index (χ4n) is 3.38. The van der Waals surface area contributed by atoms with E-state index in [-0.39, 0.29) is 39.9 Å². The second-order valence-electron chi connectivity index (χ2n) is 7.93. The van der Waals surface area contributed by atoms with Crippen LogP contribution < -0.4 is 10.4 Å². The number of anilines is 1. The lowest BCUT2D eigenvalue weighted by atomic mass is 9.95. The number of methoxy groups -OCH3 is 1. The van der Waals surface area contributed by atoms with Gasteiger partial charge < -0.3 is 4.74 Å². The minimum absolute atomic E-state index is 0.0677. The van der Waals surface area contributed by atoms with Gasteiger partial charge in [-0.05, 0) is 42.0 Å². The number of carbonyl (C=O) groups is 1. The Morgan fingerprint density at radius 1 is 1.05 bits per heavy atom. The molecule has 1 amide bonds. The monoisotopic (exact) mass is 630 g/mol. The van der Waals surface area contributed by atoms with E-state index in [4.69, 9.17) is 39.5 Å². The van der Waals surface area contributed by atoms with E-state index in [1.54, 1.807) is 0 Å². The van der Waals surface area contributed by atoms with Crippen LogP contribution in [0.25, 0.3) is 5.83 Å². The molecule has 3 aromatic rings. The van der Waals surface area contributed by atoms with Gasteiger partial charge in [0.1, 0.15) is 18.5 Å². The van der Waals surface area contributed by atoms with Gasteiger partial charge in [-0.15, -0.1) is 0 Å². The number of carbonyl (C=O) groups excluding carboxylic acids is 1. The highest BCUT2D eigenvalue weighted by atomic mass is 35.5. The summed E-state index contributed by atoms with van der Waals surface area (Å²) in [6.45, 7) is -0.357. The Morgan fingerprint density at radius 2 is 1.65 bits per heavy atom. The Labute approximate surface area is 237 Å². The molecule has 0 saturated heterocycles. The highest BCUT2D eigenvalue weighted by Gasteiger charge is 2.41. The van der Waals surface area contributed by atoms with Crippen molar-refractivity contribution in [2.24, 2.45) is 0 Å². The van der Waals surface area contributed by atoms with Crippen LogP contribution in [0, 0.1) is 0 Å². The van der Waals surface area contributed by atoms with E-state index in [0.717, 1.165) is 23.2 Å². The van der Waals surface area contributed by atoms with Gasteiger partial charge in [0.2, 0.25) is 5.95 Å². The minimum Gasteiger partial charge on any atom is -0.362 e. The summed E-state index contributed by atoms with van der Waals surface area (Å²) >= 11 is 17.4. The zero-order chi connectivity index (χ0) is 29.8. The summed E-state index contributed by atoms with van der Waals surface area (Å²) in [5, 5.41) is -0.00697. The molecule has 0 fully saturated rings. The number of aromatic nitrogens is 2. The maximum Gasteiger partial charge on any atom is 0.417 e. The average molecular weight is 632 g/mol. The average Bonchev–Trinajstić information content (AvgIpc) is 2.88. The summed E-state index contributed by atoms with van der Waals surface area (Å²) in [7, 11) is 1.24. The molecule has 16 heteroatoms. The number of amides is 1. The van der Waals surface area contributed by atoms with Crippen molar-refractivity contribution < 1.29 is 40.3 Å². The van der Waals surface area contributed by atoms with Crippen LogP contribution in [0.4, 0.5) is 36.7 Å². The van der Waals surface area contributed by atoms with E-state index >= 15 is 4.39 Å². The van der Waals surface area contributed by atoms with Crippen LogP contribution in [-0.4, -0.2) is 35.9 Å². The van der Waals surface area contributed by atoms with Gasteiger partial charge in [0.15, 0.2) is 0 Å². The van der Waals surface area contributed by atoms with Crippen LogP contribution in [0.5, 0.6) is 0 Å². The number of benzene rings is 2. The molecule has 0 aliphatic rings. The molecule has 1 unspecified atom stereocenters. The smallest absolute Gasteiger partial charge is 0.362 e. The summed E-state index contributed by atoms with van der Waals surface area (Å²) in [6.07, 6.45) is -7.60. The molecular formula is C24H16Cl3F7N4O2. The first-order valence-corrected chi connectivity index (χ1v) is 11.9. The maximum atomic E-state index is 15.1. The second kappa shape index (κ2) is 12.6. The molecule has 0 radical (unpaired) electrons. The fourth-order valence-corrected chi connectivity index (χ4v) is 4.00. The van der Waals surface area contributed by atoms with Gasteiger partial charge in [0.05, 0.1) is 26.2 Å². The van der Waals surface area contributed by atoms with Gasteiger partial charge >= 0.3 is 12.4 Å². The number of halogens is 10. The van der Waals surface area contributed by atoms with Crippen LogP contribution in [-0.2, 0) is 10.9 Å². The van der Waals surface area contributed by atoms with Crippen LogP contribution in [0.1, 0.15) is 33.0 Å². The Balaban J connectivity index is 2.02. The zero-order valence-corrected chi connectivity index (χ0v) is 22.2. The predicted molar refractivity (Wildman–Crippen MR) is 135 cm³/mol. The Morgan fingerprint density at radius 3 is 2.17 bits per heavy atom. The lowest BCUT2D eigenvalue weighted by Gasteiger charge is -2.23. The summed E-state index contributed by atoms with van der Waals surface area (Å²) < 4.78 is 103. The van der Waals surface area contributed by atoms with E-state index in [0.29, 0.717) is 6.07 Å². The van der Waals surface area contributed by atoms with E-state index < -0.39 is 52.3 Å². The number of allylic oxidation sites excluding steroid dienone is 1. The van der Waals surface area contributed by atoms with Crippen LogP contribution in [0.3, 0.4) is 0 Å². The number of alkyl halides is 6. The zero-order valence-electron chi connectivity index (χ0n) is 19.9. The highest BCUT2D eigenvalue weighted by Crippen LogP contribution is 2.42.